The molecule has 0 atom stereocenters. The number of para-hydroxylation sites is 2. The van der Waals surface area contributed by atoms with Crippen LogP contribution < -0.4 is 20.1 Å². The Morgan fingerprint density at radius 3 is 2.27 bits per heavy atom. The molecule has 3 aromatic carbocycles. The fourth-order valence-electron chi connectivity index (χ4n) is 2.74. The first-order valence-corrected chi connectivity index (χ1v) is 9.76. The quantitative estimate of drug-likeness (QED) is 0.483. The molecule has 0 aliphatic carbocycles. The minimum Gasteiger partial charge on any atom is -0.491 e. The van der Waals surface area contributed by atoms with E-state index in [0.29, 0.717) is 32.1 Å². The zero-order chi connectivity index (χ0) is 21.0. The van der Waals surface area contributed by atoms with Crippen molar-refractivity contribution in [3.63, 3.8) is 0 Å². The topological polar surface area (TPSA) is 68.8 Å². The van der Waals surface area contributed by atoms with Crippen LogP contribution in [0.25, 0.3) is 0 Å². The van der Waals surface area contributed by atoms with Crippen LogP contribution >= 0.6 is 0 Å². The SMILES string of the molecule is COCCOc1ccc(CNC(=O)Nc2ccccc2COc2ccccc2)cc1. The van der Waals surface area contributed by atoms with Crippen LogP contribution in [0, 0.1) is 0 Å². The molecule has 0 unspecified atom stereocenters. The number of ether oxygens (including phenoxy) is 3. The molecule has 0 radical (unpaired) electrons. The Hall–Kier alpha value is -3.51. The van der Waals surface area contributed by atoms with Gasteiger partial charge in [0, 0.05) is 24.9 Å². The van der Waals surface area contributed by atoms with E-state index in [-0.39, 0.29) is 6.03 Å². The van der Waals surface area contributed by atoms with E-state index >= 15 is 0 Å². The monoisotopic (exact) mass is 406 g/mol. The standard InChI is InChI=1S/C24H26N2O4/c1-28-15-16-29-22-13-11-19(12-14-22)17-25-24(27)26-23-10-6-5-7-20(23)18-30-21-8-3-2-4-9-21/h2-14H,15-18H2,1H3,(H2,25,26,27). The molecule has 0 saturated carbocycles. The number of hydrogen-bond donors (Lipinski definition) is 2. The average molecular weight is 406 g/mol. The van der Waals surface area contributed by atoms with Gasteiger partial charge in [-0.1, -0.05) is 48.5 Å². The van der Waals surface area contributed by atoms with Gasteiger partial charge in [-0.05, 0) is 35.9 Å². The van der Waals surface area contributed by atoms with Gasteiger partial charge in [0.2, 0.25) is 0 Å². The molecule has 0 spiro atoms. The van der Waals surface area contributed by atoms with Crippen molar-refractivity contribution in [2.75, 3.05) is 25.6 Å². The molecule has 30 heavy (non-hydrogen) atoms. The second-order valence-electron chi connectivity index (χ2n) is 6.55. The molecule has 2 amide bonds. The lowest BCUT2D eigenvalue weighted by Crippen LogP contribution is -2.28. The number of benzene rings is 3. The van der Waals surface area contributed by atoms with Gasteiger partial charge in [-0.2, -0.15) is 0 Å². The predicted molar refractivity (Wildman–Crippen MR) is 117 cm³/mol. The highest BCUT2D eigenvalue weighted by molar-refractivity contribution is 5.90. The lowest BCUT2D eigenvalue weighted by atomic mass is 10.2. The fourth-order valence-corrected chi connectivity index (χ4v) is 2.74. The Labute approximate surface area is 176 Å². The van der Waals surface area contributed by atoms with Gasteiger partial charge in [0.1, 0.15) is 24.7 Å². The van der Waals surface area contributed by atoms with Crippen LogP contribution in [0.3, 0.4) is 0 Å². The minimum absolute atomic E-state index is 0.275. The number of anilines is 1. The summed E-state index contributed by atoms with van der Waals surface area (Å²) in [4.78, 5) is 12.4. The number of urea groups is 1. The molecule has 0 heterocycles. The molecular formula is C24H26N2O4. The number of amides is 2. The second kappa shape index (κ2) is 11.5. The first-order chi connectivity index (χ1) is 14.7. The number of rotatable bonds is 10. The van der Waals surface area contributed by atoms with Crippen molar-refractivity contribution < 1.29 is 19.0 Å². The largest absolute Gasteiger partial charge is 0.491 e. The summed E-state index contributed by atoms with van der Waals surface area (Å²) in [5.74, 6) is 1.55. The summed E-state index contributed by atoms with van der Waals surface area (Å²) in [5, 5.41) is 5.76. The van der Waals surface area contributed by atoms with E-state index in [1.165, 1.54) is 0 Å². The van der Waals surface area contributed by atoms with E-state index < -0.39 is 0 Å². The van der Waals surface area contributed by atoms with Crippen LogP contribution in [0.2, 0.25) is 0 Å². The Kier molecular flexibility index (Phi) is 8.12. The highest BCUT2D eigenvalue weighted by atomic mass is 16.5. The lowest BCUT2D eigenvalue weighted by Gasteiger charge is -2.13. The zero-order valence-corrected chi connectivity index (χ0v) is 17.0. The van der Waals surface area contributed by atoms with E-state index in [0.717, 1.165) is 22.6 Å². The summed E-state index contributed by atoms with van der Waals surface area (Å²) in [5.41, 5.74) is 2.59. The summed E-state index contributed by atoms with van der Waals surface area (Å²) in [6.45, 7) is 1.82. The zero-order valence-electron chi connectivity index (χ0n) is 17.0. The van der Waals surface area contributed by atoms with Gasteiger partial charge in [0.05, 0.1) is 6.61 Å². The van der Waals surface area contributed by atoms with Crippen LogP contribution in [-0.2, 0) is 17.9 Å². The highest BCUT2D eigenvalue weighted by Gasteiger charge is 2.07. The lowest BCUT2D eigenvalue weighted by molar-refractivity contribution is 0.146. The molecule has 156 valence electrons. The van der Waals surface area contributed by atoms with Crippen molar-refractivity contribution in [2.45, 2.75) is 13.2 Å². The van der Waals surface area contributed by atoms with Crippen LogP contribution in [0.15, 0.2) is 78.9 Å². The predicted octanol–water partition coefficient (Wildman–Crippen LogP) is 4.61. The Bertz CT molecular complexity index is 914. The van der Waals surface area contributed by atoms with Crippen LogP contribution in [0.1, 0.15) is 11.1 Å². The van der Waals surface area contributed by atoms with Gasteiger partial charge >= 0.3 is 6.03 Å². The van der Waals surface area contributed by atoms with Crippen LogP contribution in [0.5, 0.6) is 11.5 Å². The molecule has 2 N–H and O–H groups in total. The normalized spacial score (nSPS) is 10.3. The number of carbonyl (C=O) groups is 1. The number of hydrogen-bond acceptors (Lipinski definition) is 4. The van der Waals surface area contributed by atoms with E-state index in [1.54, 1.807) is 7.11 Å². The van der Waals surface area contributed by atoms with Gasteiger partial charge in [-0.15, -0.1) is 0 Å². The highest BCUT2D eigenvalue weighted by Crippen LogP contribution is 2.18. The molecule has 0 saturated heterocycles. The van der Waals surface area contributed by atoms with E-state index in [1.807, 2.05) is 78.9 Å². The van der Waals surface area contributed by atoms with E-state index in [4.69, 9.17) is 14.2 Å². The fraction of sp³-hybridized carbons (Fsp3) is 0.208. The van der Waals surface area contributed by atoms with Gasteiger partial charge in [-0.25, -0.2) is 4.79 Å². The van der Waals surface area contributed by atoms with Crippen molar-refractivity contribution in [1.29, 1.82) is 0 Å². The van der Waals surface area contributed by atoms with Crippen molar-refractivity contribution in [2.24, 2.45) is 0 Å². The number of methoxy groups -OCH3 is 1. The molecule has 0 aliphatic heterocycles. The van der Waals surface area contributed by atoms with Gasteiger partial charge in [-0.3, -0.25) is 0 Å². The average Bonchev–Trinajstić information content (AvgIpc) is 2.79. The van der Waals surface area contributed by atoms with E-state index in [9.17, 15) is 4.79 Å². The van der Waals surface area contributed by atoms with Crippen molar-refractivity contribution in [1.82, 2.24) is 5.32 Å². The molecule has 0 aliphatic rings. The third-order valence-corrected chi connectivity index (χ3v) is 4.34. The number of nitrogens with one attached hydrogen (secondary N) is 2. The third kappa shape index (κ3) is 6.83. The van der Waals surface area contributed by atoms with E-state index in [2.05, 4.69) is 10.6 Å². The summed E-state index contributed by atoms with van der Waals surface area (Å²) in [7, 11) is 1.64. The van der Waals surface area contributed by atoms with Gasteiger partial charge in [0.15, 0.2) is 0 Å². The summed E-state index contributed by atoms with van der Waals surface area (Å²) < 4.78 is 16.3. The molecule has 3 aromatic rings. The molecule has 0 bridgehead atoms. The summed E-state index contributed by atoms with van der Waals surface area (Å²) in [6, 6.07) is 24.5. The third-order valence-electron chi connectivity index (χ3n) is 4.34. The first-order valence-electron chi connectivity index (χ1n) is 9.76. The Balaban J connectivity index is 1.49. The maximum atomic E-state index is 12.4. The molecular weight excluding hydrogens is 380 g/mol. The summed E-state index contributed by atoms with van der Waals surface area (Å²) >= 11 is 0. The molecule has 6 heteroatoms. The Morgan fingerprint density at radius 1 is 0.800 bits per heavy atom. The van der Waals surface area contributed by atoms with Crippen molar-refractivity contribution in [3.05, 3.63) is 90.0 Å². The van der Waals surface area contributed by atoms with Crippen molar-refractivity contribution in [3.8, 4) is 11.5 Å². The smallest absolute Gasteiger partial charge is 0.319 e. The molecule has 0 aromatic heterocycles. The van der Waals surface area contributed by atoms with Gasteiger partial charge in [0.25, 0.3) is 0 Å². The van der Waals surface area contributed by atoms with Crippen LogP contribution in [0.4, 0.5) is 10.5 Å². The molecule has 3 rings (SSSR count). The maximum Gasteiger partial charge on any atom is 0.319 e. The summed E-state index contributed by atoms with van der Waals surface area (Å²) in [6.07, 6.45) is 0. The van der Waals surface area contributed by atoms with Crippen molar-refractivity contribution >= 4 is 11.7 Å². The molecule has 0 fully saturated rings. The van der Waals surface area contributed by atoms with Crippen LogP contribution in [-0.4, -0.2) is 26.4 Å². The minimum atomic E-state index is -0.275. The maximum absolute atomic E-state index is 12.4. The Morgan fingerprint density at radius 2 is 1.50 bits per heavy atom. The second-order valence-corrected chi connectivity index (χ2v) is 6.55. The van der Waals surface area contributed by atoms with Gasteiger partial charge < -0.3 is 24.8 Å². The number of carbonyl (C=O) groups excluding carboxylic acids is 1. The first kappa shape index (κ1) is 21.2. The molecule has 6 nitrogen and oxygen atoms in total.